The molecule has 104 valence electrons. The summed E-state index contributed by atoms with van der Waals surface area (Å²) in [7, 11) is 0. The monoisotopic (exact) mass is 256 g/mol. The van der Waals surface area contributed by atoms with Gasteiger partial charge in [0.15, 0.2) is 0 Å². The molecule has 2 atom stereocenters. The zero-order valence-corrected chi connectivity index (χ0v) is 11.7. The molecule has 1 aliphatic rings. The van der Waals surface area contributed by atoms with Crippen molar-refractivity contribution >= 4 is 12.0 Å². The van der Waals surface area contributed by atoms with Crippen molar-refractivity contribution < 1.29 is 14.7 Å². The Kier molecular flexibility index (Phi) is 4.59. The summed E-state index contributed by atoms with van der Waals surface area (Å²) in [5.74, 6) is -0.691. The molecule has 2 amide bonds. The maximum absolute atomic E-state index is 12.0. The lowest BCUT2D eigenvalue weighted by Crippen LogP contribution is -2.47. The molecule has 0 aromatic rings. The Morgan fingerprint density at radius 1 is 1.44 bits per heavy atom. The van der Waals surface area contributed by atoms with Crippen molar-refractivity contribution in [3.05, 3.63) is 0 Å². The number of likely N-dealkylation sites (tertiary alicyclic amines) is 1. The molecule has 2 N–H and O–H groups in total. The Morgan fingerprint density at radius 2 is 2.06 bits per heavy atom. The average Bonchev–Trinajstić information content (AvgIpc) is 2.63. The van der Waals surface area contributed by atoms with Gasteiger partial charge in [0.25, 0.3) is 0 Å². The molecule has 2 unspecified atom stereocenters. The number of carbonyl (C=O) groups excluding carboxylic acids is 1. The van der Waals surface area contributed by atoms with Gasteiger partial charge in [-0.2, -0.15) is 0 Å². The molecular weight excluding hydrogens is 232 g/mol. The minimum Gasteiger partial charge on any atom is -0.481 e. The number of nitrogens with one attached hydrogen (secondary N) is 1. The van der Waals surface area contributed by atoms with Crippen LogP contribution in [-0.4, -0.2) is 41.1 Å². The first-order chi connectivity index (χ1) is 8.20. The third kappa shape index (κ3) is 4.20. The lowest BCUT2D eigenvalue weighted by molar-refractivity contribution is -0.138. The zero-order chi connectivity index (χ0) is 13.9. The van der Waals surface area contributed by atoms with Gasteiger partial charge >= 0.3 is 12.0 Å². The van der Waals surface area contributed by atoms with Crippen molar-refractivity contribution in [3.63, 3.8) is 0 Å². The summed E-state index contributed by atoms with van der Waals surface area (Å²) >= 11 is 0. The van der Waals surface area contributed by atoms with Gasteiger partial charge in [-0.3, -0.25) is 4.79 Å². The highest BCUT2D eigenvalue weighted by Crippen LogP contribution is 2.22. The van der Waals surface area contributed by atoms with Crippen molar-refractivity contribution in [2.24, 2.45) is 11.3 Å². The van der Waals surface area contributed by atoms with E-state index in [1.807, 2.05) is 6.92 Å². The fourth-order valence-electron chi connectivity index (χ4n) is 1.92. The fourth-order valence-corrected chi connectivity index (χ4v) is 1.92. The van der Waals surface area contributed by atoms with Crippen molar-refractivity contribution in [1.29, 1.82) is 0 Å². The number of aliphatic carboxylic acids is 1. The molecule has 0 aliphatic carbocycles. The van der Waals surface area contributed by atoms with E-state index < -0.39 is 5.97 Å². The molecule has 1 saturated heterocycles. The van der Waals surface area contributed by atoms with Crippen molar-refractivity contribution in [2.45, 2.75) is 46.6 Å². The molecule has 0 spiro atoms. The summed E-state index contributed by atoms with van der Waals surface area (Å²) in [5.41, 5.74) is 0.0237. The van der Waals surface area contributed by atoms with E-state index in [0.29, 0.717) is 13.1 Å². The summed E-state index contributed by atoms with van der Waals surface area (Å²) < 4.78 is 0. The Labute approximate surface area is 109 Å². The summed E-state index contributed by atoms with van der Waals surface area (Å²) in [4.78, 5) is 24.3. The van der Waals surface area contributed by atoms with E-state index in [0.717, 1.165) is 6.42 Å². The second-order valence-corrected chi connectivity index (χ2v) is 6.24. The average molecular weight is 256 g/mol. The SMILES string of the molecule is CC(NC(=O)N1CCC(CC(=O)O)C1)C(C)(C)C. The van der Waals surface area contributed by atoms with Crippen LogP contribution in [0.2, 0.25) is 0 Å². The van der Waals surface area contributed by atoms with Gasteiger partial charge in [0.1, 0.15) is 0 Å². The number of carbonyl (C=O) groups is 2. The Bertz CT molecular complexity index is 323. The molecule has 0 saturated carbocycles. The molecule has 18 heavy (non-hydrogen) atoms. The molecule has 1 fully saturated rings. The Balaban J connectivity index is 2.43. The highest BCUT2D eigenvalue weighted by Gasteiger charge is 2.30. The highest BCUT2D eigenvalue weighted by molar-refractivity contribution is 5.75. The van der Waals surface area contributed by atoms with Gasteiger partial charge in [0.2, 0.25) is 0 Å². The third-order valence-electron chi connectivity index (χ3n) is 3.68. The van der Waals surface area contributed by atoms with Gasteiger partial charge in [-0.15, -0.1) is 0 Å². The van der Waals surface area contributed by atoms with E-state index in [2.05, 4.69) is 26.1 Å². The predicted molar refractivity (Wildman–Crippen MR) is 69.4 cm³/mol. The predicted octanol–water partition coefficient (Wildman–Crippen LogP) is 1.93. The molecule has 1 heterocycles. The van der Waals surface area contributed by atoms with Gasteiger partial charge in [-0.1, -0.05) is 20.8 Å². The number of nitrogens with zero attached hydrogens (tertiary/aromatic N) is 1. The van der Waals surface area contributed by atoms with E-state index >= 15 is 0 Å². The standard InChI is InChI=1S/C13H24N2O3/c1-9(13(2,3)4)14-12(18)15-6-5-10(8-15)7-11(16)17/h9-10H,5-8H2,1-4H3,(H,14,18)(H,16,17). The first kappa shape index (κ1) is 14.8. The van der Waals surface area contributed by atoms with Crippen LogP contribution in [0.25, 0.3) is 0 Å². The maximum atomic E-state index is 12.0. The van der Waals surface area contributed by atoms with Crippen LogP contribution in [0.15, 0.2) is 0 Å². The Hall–Kier alpha value is -1.26. The van der Waals surface area contributed by atoms with Gasteiger partial charge in [-0.05, 0) is 24.7 Å². The molecule has 5 heteroatoms. The van der Waals surface area contributed by atoms with Crippen LogP contribution in [0.3, 0.4) is 0 Å². The summed E-state index contributed by atoms with van der Waals surface area (Å²) in [6.07, 6.45) is 0.933. The summed E-state index contributed by atoms with van der Waals surface area (Å²) in [5, 5.41) is 11.7. The van der Waals surface area contributed by atoms with E-state index in [1.54, 1.807) is 4.90 Å². The number of amides is 2. The van der Waals surface area contributed by atoms with Crippen LogP contribution in [0.5, 0.6) is 0 Å². The second kappa shape index (κ2) is 5.59. The maximum Gasteiger partial charge on any atom is 0.317 e. The van der Waals surface area contributed by atoms with Crippen molar-refractivity contribution in [3.8, 4) is 0 Å². The van der Waals surface area contributed by atoms with Gasteiger partial charge in [0.05, 0.1) is 0 Å². The van der Waals surface area contributed by atoms with E-state index in [-0.39, 0.29) is 29.8 Å². The molecule has 0 bridgehead atoms. The minimum absolute atomic E-state index is 0.0237. The zero-order valence-electron chi connectivity index (χ0n) is 11.7. The Morgan fingerprint density at radius 3 is 2.56 bits per heavy atom. The molecule has 5 nitrogen and oxygen atoms in total. The third-order valence-corrected chi connectivity index (χ3v) is 3.68. The number of carboxylic acids is 1. The second-order valence-electron chi connectivity index (χ2n) is 6.24. The number of rotatable bonds is 3. The van der Waals surface area contributed by atoms with Crippen LogP contribution in [0.1, 0.15) is 40.5 Å². The quantitative estimate of drug-likeness (QED) is 0.810. The highest BCUT2D eigenvalue weighted by atomic mass is 16.4. The molecular formula is C13H24N2O3. The van der Waals surface area contributed by atoms with Crippen LogP contribution in [0.4, 0.5) is 4.79 Å². The molecule has 0 aromatic carbocycles. The molecule has 1 rings (SSSR count). The summed E-state index contributed by atoms with van der Waals surface area (Å²) in [6.45, 7) is 9.43. The number of hydrogen-bond acceptors (Lipinski definition) is 2. The first-order valence-corrected chi connectivity index (χ1v) is 6.47. The van der Waals surface area contributed by atoms with Gasteiger partial charge < -0.3 is 15.3 Å². The molecule has 1 aliphatic heterocycles. The minimum atomic E-state index is -0.787. The van der Waals surface area contributed by atoms with E-state index in [9.17, 15) is 9.59 Å². The smallest absolute Gasteiger partial charge is 0.317 e. The number of urea groups is 1. The van der Waals surface area contributed by atoms with Crippen molar-refractivity contribution in [2.75, 3.05) is 13.1 Å². The lowest BCUT2D eigenvalue weighted by atomic mass is 9.88. The van der Waals surface area contributed by atoms with Crippen LogP contribution >= 0.6 is 0 Å². The molecule has 0 radical (unpaired) electrons. The largest absolute Gasteiger partial charge is 0.481 e. The van der Waals surface area contributed by atoms with E-state index in [1.165, 1.54) is 0 Å². The fraction of sp³-hybridized carbons (Fsp3) is 0.846. The molecule has 0 aromatic heterocycles. The lowest BCUT2D eigenvalue weighted by Gasteiger charge is -2.30. The number of hydrogen-bond donors (Lipinski definition) is 2. The summed E-state index contributed by atoms with van der Waals surface area (Å²) in [6, 6.07) is 0.00818. The van der Waals surface area contributed by atoms with E-state index in [4.69, 9.17) is 5.11 Å². The van der Waals surface area contributed by atoms with Crippen molar-refractivity contribution in [1.82, 2.24) is 10.2 Å². The van der Waals surface area contributed by atoms with Crippen LogP contribution in [-0.2, 0) is 4.79 Å². The van der Waals surface area contributed by atoms with Gasteiger partial charge in [-0.25, -0.2) is 4.79 Å². The topological polar surface area (TPSA) is 69.6 Å². The number of carboxylic acid groups (broad SMARTS) is 1. The van der Waals surface area contributed by atoms with Crippen LogP contribution < -0.4 is 5.32 Å². The normalized spacial score (nSPS) is 21.8. The van der Waals surface area contributed by atoms with Gasteiger partial charge in [0, 0.05) is 25.6 Å². The van der Waals surface area contributed by atoms with Crippen LogP contribution in [0, 0.1) is 11.3 Å². The first-order valence-electron chi connectivity index (χ1n) is 6.47.